The second-order valence-electron chi connectivity index (χ2n) is 4.30. The van der Waals surface area contributed by atoms with Crippen LogP contribution < -0.4 is 113 Å². The summed E-state index contributed by atoms with van der Waals surface area (Å²) in [5.74, 6) is -3.21. The molecule has 0 fully saturated rings. The molecule has 0 atom stereocenters. The van der Waals surface area contributed by atoms with E-state index in [9.17, 15) is 19.8 Å². The Morgan fingerprint density at radius 1 is 1.00 bits per heavy atom. The molecule has 1 aromatic rings. The second kappa shape index (κ2) is 11.9. The summed E-state index contributed by atoms with van der Waals surface area (Å²) in [5.41, 5.74) is -1.84. The van der Waals surface area contributed by atoms with Gasteiger partial charge in [0.15, 0.2) is 0 Å². The molecule has 0 aliphatic rings. The molecule has 1 aromatic carbocycles. The van der Waals surface area contributed by atoms with Crippen LogP contribution in [0.15, 0.2) is 30.3 Å². The number of carbonyl (C=O) groups excluding carboxylic acids is 2. The molecule has 0 aliphatic heterocycles. The maximum atomic E-state index is 11.3. The fourth-order valence-electron chi connectivity index (χ4n) is 2.03. The summed E-state index contributed by atoms with van der Waals surface area (Å²) >= 11 is 0. The molecule has 6 heteroatoms. The van der Waals surface area contributed by atoms with Crippen LogP contribution in [-0.2, 0) is 15.0 Å². The van der Waals surface area contributed by atoms with E-state index in [1.807, 2.05) is 6.92 Å². The van der Waals surface area contributed by atoms with E-state index in [1.54, 1.807) is 18.2 Å². The number of carboxylic acids is 2. The molecule has 0 spiro atoms. The van der Waals surface area contributed by atoms with Gasteiger partial charge in [-0.1, -0.05) is 56.5 Å². The van der Waals surface area contributed by atoms with Gasteiger partial charge in [-0.3, -0.25) is 0 Å². The molecular weight excluding hydrogens is 310 g/mol. The topological polar surface area (TPSA) is 80.3 Å². The number of carboxylic acid groups (broad SMARTS) is 2. The minimum atomic E-state index is -2.05. The van der Waals surface area contributed by atoms with Crippen molar-refractivity contribution in [3.05, 3.63) is 35.9 Å². The Kier molecular flexibility index (Phi) is 14.1. The molecule has 0 aromatic heterocycles. The summed E-state index contributed by atoms with van der Waals surface area (Å²) in [6, 6.07) is 7.88. The van der Waals surface area contributed by atoms with Gasteiger partial charge in [0.2, 0.25) is 0 Å². The first kappa shape index (κ1) is 23.7. The third-order valence-electron chi connectivity index (χ3n) is 3.12. The van der Waals surface area contributed by atoms with Gasteiger partial charge in [0.25, 0.3) is 0 Å². The van der Waals surface area contributed by atoms with Crippen LogP contribution in [0.2, 0.25) is 0 Å². The molecule has 0 aliphatic carbocycles. The Balaban J connectivity index is 0. The van der Waals surface area contributed by atoms with E-state index < -0.39 is 17.4 Å². The smallest absolute Gasteiger partial charge is 0.549 e. The van der Waals surface area contributed by atoms with Crippen LogP contribution in [0.1, 0.15) is 38.2 Å². The summed E-state index contributed by atoms with van der Waals surface area (Å²) < 4.78 is 0. The third kappa shape index (κ3) is 5.91. The zero-order valence-electron chi connectivity index (χ0n) is 12.3. The van der Waals surface area contributed by atoms with Crippen LogP contribution in [0, 0.1) is 0 Å². The van der Waals surface area contributed by atoms with Gasteiger partial charge in [-0.2, -0.15) is 0 Å². The molecule has 0 N–H and O–H groups in total. The van der Waals surface area contributed by atoms with Crippen LogP contribution >= 0.6 is 0 Å². The Hall–Kier alpha value is 1.43. The van der Waals surface area contributed by atoms with Crippen molar-refractivity contribution in [2.45, 2.75) is 38.0 Å². The standard InChI is InChI=1S/C14H18O4.2K/c1-2-3-7-10-14(12(15)16,13(17)18)11-8-5-4-6-9-11;;/h4-6,8-9H,2-3,7,10H2,1H3,(H,15,16)(H,17,18);;/q;2*+1/p-2. The van der Waals surface area contributed by atoms with Gasteiger partial charge in [-0.15, -0.1) is 0 Å². The molecule has 0 unspecified atom stereocenters. The van der Waals surface area contributed by atoms with Gasteiger partial charge in [-0.05, 0) is 12.0 Å². The van der Waals surface area contributed by atoms with Gasteiger partial charge in [0.05, 0.1) is 17.4 Å². The van der Waals surface area contributed by atoms with Crippen LogP contribution in [-0.4, -0.2) is 11.9 Å². The van der Waals surface area contributed by atoms with E-state index in [0.29, 0.717) is 6.42 Å². The SMILES string of the molecule is CCCCCC(C(=O)[O-])(C(=O)[O-])c1ccccc1.[K+].[K+]. The van der Waals surface area contributed by atoms with Gasteiger partial charge < -0.3 is 19.8 Å². The molecule has 0 amide bonds. The Morgan fingerprint density at radius 3 is 1.90 bits per heavy atom. The minimum Gasteiger partial charge on any atom is -0.549 e. The molecular formula is C14H16K2O4. The van der Waals surface area contributed by atoms with Crippen LogP contribution in [0.25, 0.3) is 0 Å². The van der Waals surface area contributed by atoms with Crippen molar-refractivity contribution in [3.63, 3.8) is 0 Å². The quantitative estimate of drug-likeness (QED) is 0.284. The van der Waals surface area contributed by atoms with Crippen molar-refractivity contribution in [2.24, 2.45) is 0 Å². The van der Waals surface area contributed by atoms with E-state index >= 15 is 0 Å². The largest absolute Gasteiger partial charge is 1.00 e. The summed E-state index contributed by atoms with van der Waals surface area (Å²) in [6.07, 6.45) is 2.16. The number of aliphatic carboxylic acids is 2. The fourth-order valence-corrected chi connectivity index (χ4v) is 2.03. The maximum absolute atomic E-state index is 11.3. The molecule has 4 nitrogen and oxygen atoms in total. The van der Waals surface area contributed by atoms with Gasteiger partial charge >= 0.3 is 103 Å². The second-order valence-corrected chi connectivity index (χ2v) is 4.30. The Labute approximate surface area is 204 Å². The average Bonchev–Trinajstić information content (AvgIpc) is 2.35. The van der Waals surface area contributed by atoms with E-state index in [-0.39, 0.29) is 115 Å². The summed E-state index contributed by atoms with van der Waals surface area (Å²) in [7, 11) is 0. The van der Waals surface area contributed by atoms with Gasteiger partial charge in [0.1, 0.15) is 0 Å². The minimum absolute atomic E-state index is 0. The number of hydrogen-bond acceptors (Lipinski definition) is 4. The van der Waals surface area contributed by atoms with Crippen molar-refractivity contribution < 1.29 is 123 Å². The first-order valence-electron chi connectivity index (χ1n) is 6.04. The van der Waals surface area contributed by atoms with Gasteiger partial charge in [-0.25, -0.2) is 0 Å². The Bertz CT molecular complexity index is 406. The van der Waals surface area contributed by atoms with E-state index in [4.69, 9.17) is 0 Å². The zero-order chi connectivity index (χ0) is 13.6. The first-order valence-corrected chi connectivity index (χ1v) is 6.04. The van der Waals surface area contributed by atoms with Crippen molar-refractivity contribution in [1.29, 1.82) is 0 Å². The molecule has 0 saturated carbocycles. The molecule has 98 valence electrons. The maximum Gasteiger partial charge on any atom is 1.00 e. The molecule has 0 bridgehead atoms. The monoisotopic (exact) mass is 326 g/mol. The zero-order valence-corrected chi connectivity index (χ0v) is 18.6. The van der Waals surface area contributed by atoms with E-state index in [2.05, 4.69) is 0 Å². The van der Waals surface area contributed by atoms with Crippen molar-refractivity contribution in [3.8, 4) is 0 Å². The number of unbranched alkanes of at least 4 members (excludes halogenated alkanes) is 2. The predicted octanol–water partition coefficient (Wildman–Crippen LogP) is -5.99. The van der Waals surface area contributed by atoms with Gasteiger partial charge in [0, 0.05) is 0 Å². The molecule has 0 saturated heterocycles. The van der Waals surface area contributed by atoms with E-state index in [1.165, 1.54) is 12.1 Å². The molecule has 0 heterocycles. The van der Waals surface area contributed by atoms with Crippen molar-refractivity contribution >= 4 is 11.9 Å². The molecule has 20 heavy (non-hydrogen) atoms. The summed E-state index contributed by atoms with van der Waals surface area (Å²) in [6.45, 7) is 1.96. The predicted molar refractivity (Wildman–Crippen MR) is 62.3 cm³/mol. The molecule has 0 radical (unpaired) electrons. The number of carbonyl (C=O) groups is 2. The normalized spacial score (nSPS) is 10.1. The Morgan fingerprint density at radius 2 is 1.50 bits per heavy atom. The van der Waals surface area contributed by atoms with Crippen molar-refractivity contribution in [2.75, 3.05) is 0 Å². The summed E-state index contributed by atoms with van der Waals surface area (Å²) in [5, 5.41) is 22.7. The average molecular weight is 326 g/mol. The summed E-state index contributed by atoms with van der Waals surface area (Å²) in [4.78, 5) is 22.7. The number of benzene rings is 1. The van der Waals surface area contributed by atoms with Crippen LogP contribution in [0.4, 0.5) is 0 Å². The number of hydrogen-bond donors (Lipinski definition) is 0. The third-order valence-corrected chi connectivity index (χ3v) is 3.12. The first-order chi connectivity index (χ1) is 8.55. The van der Waals surface area contributed by atoms with E-state index in [0.717, 1.165) is 12.8 Å². The number of rotatable bonds is 7. The van der Waals surface area contributed by atoms with Crippen LogP contribution in [0.5, 0.6) is 0 Å². The van der Waals surface area contributed by atoms with Crippen LogP contribution in [0.3, 0.4) is 0 Å². The fraction of sp³-hybridized carbons (Fsp3) is 0.429. The van der Waals surface area contributed by atoms with Crippen molar-refractivity contribution in [1.82, 2.24) is 0 Å². The molecule has 1 rings (SSSR count).